The van der Waals surface area contributed by atoms with Gasteiger partial charge in [0.2, 0.25) is 6.79 Å². The van der Waals surface area contributed by atoms with Crippen molar-refractivity contribution in [2.45, 2.75) is 12.8 Å². The van der Waals surface area contributed by atoms with Crippen molar-refractivity contribution in [1.82, 2.24) is 10.6 Å². The van der Waals surface area contributed by atoms with E-state index in [1.165, 1.54) is 0 Å². The summed E-state index contributed by atoms with van der Waals surface area (Å²) in [4.78, 5) is 12.5. The SMILES string of the molecule is COCC1(CNC(=O)c2cccc3c2OCO3)CCNCC1. The molecule has 0 aliphatic carbocycles. The zero-order valence-electron chi connectivity index (χ0n) is 12.8. The van der Waals surface area contributed by atoms with Gasteiger partial charge in [-0.3, -0.25) is 4.79 Å². The fraction of sp³-hybridized carbons (Fsp3) is 0.562. The molecule has 1 amide bonds. The number of piperidine rings is 1. The number of hydrogen-bond acceptors (Lipinski definition) is 5. The van der Waals surface area contributed by atoms with Gasteiger partial charge in [0.1, 0.15) is 0 Å². The standard InChI is InChI=1S/C16H22N2O4/c1-20-10-16(5-7-17-8-6-16)9-18-15(19)12-3-2-4-13-14(12)22-11-21-13/h2-4,17H,5-11H2,1H3,(H,18,19). The van der Waals surface area contributed by atoms with Crippen LogP contribution >= 0.6 is 0 Å². The Morgan fingerprint density at radius 3 is 2.95 bits per heavy atom. The van der Waals surface area contributed by atoms with Gasteiger partial charge in [-0.15, -0.1) is 0 Å². The van der Waals surface area contributed by atoms with E-state index in [9.17, 15) is 4.79 Å². The highest BCUT2D eigenvalue weighted by Gasteiger charge is 2.33. The fourth-order valence-electron chi connectivity index (χ4n) is 3.11. The van der Waals surface area contributed by atoms with E-state index in [2.05, 4.69) is 10.6 Å². The van der Waals surface area contributed by atoms with Crippen LogP contribution in [0.5, 0.6) is 11.5 Å². The van der Waals surface area contributed by atoms with E-state index in [1.807, 2.05) is 0 Å². The molecule has 6 nitrogen and oxygen atoms in total. The summed E-state index contributed by atoms with van der Waals surface area (Å²) in [6.07, 6.45) is 1.99. The molecule has 0 saturated carbocycles. The topological polar surface area (TPSA) is 68.8 Å². The number of fused-ring (bicyclic) bond motifs is 1. The van der Waals surface area contributed by atoms with E-state index in [0.29, 0.717) is 30.2 Å². The first-order valence-corrected chi connectivity index (χ1v) is 7.61. The summed E-state index contributed by atoms with van der Waals surface area (Å²) >= 11 is 0. The maximum atomic E-state index is 12.5. The van der Waals surface area contributed by atoms with Crippen LogP contribution < -0.4 is 20.1 Å². The van der Waals surface area contributed by atoms with Crippen molar-refractivity contribution in [2.75, 3.05) is 40.1 Å². The minimum absolute atomic E-state index is 0.00493. The lowest BCUT2D eigenvalue weighted by Gasteiger charge is -2.37. The minimum Gasteiger partial charge on any atom is -0.454 e. The molecule has 0 aromatic heterocycles. The molecule has 2 aliphatic rings. The average molecular weight is 306 g/mol. The summed E-state index contributed by atoms with van der Waals surface area (Å²) < 4.78 is 16.1. The number of rotatable bonds is 5. The number of carbonyl (C=O) groups is 1. The Hall–Kier alpha value is -1.79. The maximum Gasteiger partial charge on any atom is 0.255 e. The highest BCUT2D eigenvalue weighted by molar-refractivity contribution is 5.97. The van der Waals surface area contributed by atoms with Gasteiger partial charge in [0.15, 0.2) is 11.5 Å². The molecule has 2 heterocycles. The van der Waals surface area contributed by atoms with Gasteiger partial charge in [-0.1, -0.05) is 6.07 Å². The Balaban J connectivity index is 1.68. The fourth-order valence-corrected chi connectivity index (χ4v) is 3.11. The van der Waals surface area contributed by atoms with E-state index >= 15 is 0 Å². The van der Waals surface area contributed by atoms with Gasteiger partial charge in [-0.05, 0) is 38.1 Å². The summed E-state index contributed by atoms with van der Waals surface area (Å²) in [7, 11) is 1.71. The van der Waals surface area contributed by atoms with Crippen LogP contribution in [0.25, 0.3) is 0 Å². The average Bonchev–Trinajstić information content (AvgIpc) is 3.02. The summed E-state index contributed by atoms with van der Waals surface area (Å²) in [5, 5.41) is 6.39. The number of para-hydroxylation sites is 1. The molecular weight excluding hydrogens is 284 g/mol. The van der Waals surface area contributed by atoms with Crippen LogP contribution in [0.2, 0.25) is 0 Å². The predicted octanol–water partition coefficient (Wildman–Crippen LogP) is 1.16. The van der Waals surface area contributed by atoms with Gasteiger partial charge in [-0.25, -0.2) is 0 Å². The van der Waals surface area contributed by atoms with Crippen LogP contribution in [0.15, 0.2) is 18.2 Å². The van der Waals surface area contributed by atoms with Crippen molar-refractivity contribution in [2.24, 2.45) is 5.41 Å². The number of benzene rings is 1. The molecular formula is C16H22N2O4. The van der Waals surface area contributed by atoms with Crippen LogP contribution in [0.1, 0.15) is 23.2 Å². The van der Waals surface area contributed by atoms with Gasteiger partial charge in [0.25, 0.3) is 5.91 Å². The van der Waals surface area contributed by atoms with E-state index < -0.39 is 0 Å². The van der Waals surface area contributed by atoms with Gasteiger partial charge in [-0.2, -0.15) is 0 Å². The number of nitrogens with one attached hydrogen (secondary N) is 2. The Kier molecular flexibility index (Phi) is 4.49. The Morgan fingerprint density at radius 1 is 1.36 bits per heavy atom. The Morgan fingerprint density at radius 2 is 2.18 bits per heavy atom. The molecule has 0 bridgehead atoms. The van der Waals surface area contributed by atoms with Crippen molar-refractivity contribution >= 4 is 5.91 Å². The number of ether oxygens (including phenoxy) is 3. The third-order valence-corrected chi connectivity index (χ3v) is 4.38. The first-order chi connectivity index (χ1) is 10.7. The molecule has 3 rings (SSSR count). The lowest BCUT2D eigenvalue weighted by molar-refractivity contribution is 0.0511. The van der Waals surface area contributed by atoms with Crippen molar-refractivity contribution in [3.8, 4) is 11.5 Å². The molecule has 120 valence electrons. The molecule has 1 saturated heterocycles. The van der Waals surface area contributed by atoms with Gasteiger partial charge >= 0.3 is 0 Å². The maximum absolute atomic E-state index is 12.5. The Labute approximate surface area is 130 Å². The second-order valence-corrected chi connectivity index (χ2v) is 5.91. The third-order valence-electron chi connectivity index (χ3n) is 4.38. The molecule has 1 aromatic rings. The summed E-state index contributed by atoms with van der Waals surface area (Å²) in [6, 6.07) is 5.37. The molecule has 0 radical (unpaired) electrons. The predicted molar refractivity (Wildman–Crippen MR) is 81.3 cm³/mol. The number of hydrogen-bond donors (Lipinski definition) is 2. The number of amides is 1. The van der Waals surface area contributed by atoms with Crippen LogP contribution in [0.3, 0.4) is 0 Å². The third kappa shape index (κ3) is 3.03. The zero-order valence-corrected chi connectivity index (χ0v) is 12.8. The summed E-state index contributed by atoms with van der Waals surface area (Å²) in [6.45, 7) is 3.33. The van der Waals surface area contributed by atoms with Gasteiger partial charge in [0.05, 0.1) is 12.2 Å². The molecule has 0 unspecified atom stereocenters. The number of carbonyl (C=O) groups excluding carboxylic acids is 1. The lowest BCUT2D eigenvalue weighted by Crippen LogP contribution is -2.47. The monoisotopic (exact) mass is 306 g/mol. The first-order valence-electron chi connectivity index (χ1n) is 7.61. The number of methoxy groups -OCH3 is 1. The quantitative estimate of drug-likeness (QED) is 0.854. The molecule has 22 heavy (non-hydrogen) atoms. The van der Waals surface area contributed by atoms with Crippen LogP contribution in [-0.4, -0.2) is 46.1 Å². The molecule has 1 fully saturated rings. The zero-order chi connectivity index (χ0) is 15.4. The van der Waals surface area contributed by atoms with E-state index in [-0.39, 0.29) is 18.1 Å². The van der Waals surface area contributed by atoms with Crippen molar-refractivity contribution in [3.05, 3.63) is 23.8 Å². The largest absolute Gasteiger partial charge is 0.454 e. The highest BCUT2D eigenvalue weighted by Crippen LogP contribution is 2.35. The summed E-state index contributed by atoms with van der Waals surface area (Å²) in [5.74, 6) is 1.03. The van der Waals surface area contributed by atoms with Crippen molar-refractivity contribution in [1.29, 1.82) is 0 Å². The molecule has 0 atom stereocenters. The van der Waals surface area contributed by atoms with Crippen LogP contribution in [0, 0.1) is 5.41 Å². The van der Waals surface area contributed by atoms with E-state index in [4.69, 9.17) is 14.2 Å². The Bertz CT molecular complexity index is 535. The van der Waals surface area contributed by atoms with Gasteiger partial charge < -0.3 is 24.8 Å². The smallest absolute Gasteiger partial charge is 0.255 e. The second-order valence-electron chi connectivity index (χ2n) is 5.91. The first kappa shape index (κ1) is 15.1. The van der Waals surface area contributed by atoms with Gasteiger partial charge in [0, 0.05) is 19.1 Å². The van der Waals surface area contributed by atoms with Crippen molar-refractivity contribution in [3.63, 3.8) is 0 Å². The normalized spacial score (nSPS) is 19.0. The van der Waals surface area contributed by atoms with E-state index in [1.54, 1.807) is 25.3 Å². The van der Waals surface area contributed by atoms with Crippen LogP contribution in [0.4, 0.5) is 0 Å². The molecule has 2 aliphatic heterocycles. The molecule has 6 heteroatoms. The minimum atomic E-state index is -0.128. The summed E-state index contributed by atoms with van der Waals surface area (Å²) in [5.41, 5.74) is 0.529. The molecule has 2 N–H and O–H groups in total. The van der Waals surface area contributed by atoms with Crippen LogP contribution in [-0.2, 0) is 4.74 Å². The highest BCUT2D eigenvalue weighted by atomic mass is 16.7. The lowest BCUT2D eigenvalue weighted by atomic mass is 9.79. The molecule has 0 spiro atoms. The van der Waals surface area contributed by atoms with Crippen molar-refractivity contribution < 1.29 is 19.0 Å². The second kappa shape index (κ2) is 6.54. The molecule has 1 aromatic carbocycles. The van der Waals surface area contributed by atoms with E-state index in [0.717, 1.165) is 25.9 Å².